The van der Waals surface area contributed by atoms with Crippen molar-refractivity contribution < 1.29 is 0 Å². The first-order valence-electron chi connectivity index (χ1n) is 8.85. The molecule has 0 radical (unpaired) electrons. The van der Waals surface area contributed by atoms with E-state index in [1.54, 1.807) is 0 Å². The lowest BCUT2D eigenvalue weighted by atomic mass is 9.86. The van der Waals surface area contributed by atoms with Crippen molar-refractivity contribution in [1.82, 2.24) is 9.80 Å². The molecule has 1 aliphatic rings. The van der Waals surface area contributed by atoms with E-state index in [0.717, 1.165) is 31.7 Å². The van der Waals surface area contributed by atoms with E-state index in [-0.39, 0.29) is 11.5 Å². The first-order valence-corrected chi connectivity index (χ1v) is 8.85. The van der Waals surface area contributed by atoms with Gasteiger partial charge < -0.3 is 0 Å². The summed E-state index contributed by atoms with van der Waals surface area (Å²) in [5.41, 5.74) is 2.59. The molecule has 1 saturated heterocycles. The van der Waals surface area contributed by atoms with Gasteiger partial charge in [0.2, 0.25) is 0 Å². The summed E-state index contributed by atoms with van der Waals surface area (Å²) in [7, 11) is 0. The Morgan fingerprint density at radius 2 is 1.87 bits per heavy atom. The minimum absolute atomic E-state index is 0.129. The zero-order valence-electron chi connectivity index (χ0n) is 15.3. The molecule has 1 aliphatic heterocycles. The van der Waals surface area contributed by atoms with Gasteiger partial charge >= 0.3 is 0 Å². The van der Waals surface area contributed by atoms with E-state index in [9.17, 15) is 5.26 Å². The average Bonchev–Trinajstić information content (AvgIpc) is 2.50. The second kappa shape index (κ2) is 7.47. The van der Waals surface area contributed by atoms with E-state index in [4.69, 9.17) is 0 Å². The molecule has 1 aromatic rings. The van der Waals surface area contributed by atoms with E-state index < -0.39 is 0 Å². The maximum Gasteiger partial charge on any atom is 0.123 e. The van der Waals surface area contributed by atoms with Gasteiger partial charge in [-0.3, -0.25) is 9.80 Å². The first kappa shape index (κ1) is 18.0. The Kier molecular flexibility index (Phi) is 5.84. The van der Waals surface area contributed by atoms with Gasteiger partial charge in [-0.1, -0.05) is 52.0 Å². The quantitative estimate of drug-likeness (QED) is 0.842. The summed E-state index contributed by atoms with van der Waals surface area (Å²) in [6.07, 6.45) is 1.19. The van der Waals surface area contributed by atoms with Crippen molar-refractivity contribution in [1.29, 1.82) is 5.26 Å². The van der Waals surface area contributed by atoms with Crippen LogP contribution in [0.25, 0.3) is 0 Å². The van der Waals surface area contributed by atoms with E-state index in [1.165, 1.54) is 12.0 Å². The van der Waals surface area contributed by atoms with Crippen molar-refractivity contribution in [3.63, 3.8) is 0 Å². The van der Waals surface area contributed by atoms with E-state index in [2.05, 4.69) is 74.8 Å². The zero-order chi connectivity index (χ0) is 17.0. The smallest absolute Gasteiger partial charge is 0.123 e. The summed E-state index contributed by atoms with van der Waals surface area (Å²) in [6.45, 7) is 15.3. The molecule has 126 valence electrons. The van der Waals surface area contributed by atoms with Crippen molar-refractivity contribution in [2.75, 3.05) is 26.2 Å². The third-order valence-corrected chi connectivity index (χ3v) is 4.89. The molecule has 23 heavy (non-hydrogen) atoms. The molecule has 0 spiro atoms. The van der Waals surface area contributed by atoms with Crippen molar-refractivity contribution in [2.45, 2.75) is 58.5 Å². The summed E-state index contributed by atoms with van der Waals surface area (Å²) in [4.78, 5) is 4.87. The molecule has 3 nitrogen and oxygen atoms in total. The zero-order valence-corrected chi connectivity index (χ0v) is 15.3. The maximum absolute atomic E-state index is 9.71. The highest BCUT2D eigenvalue weighted by atomic mass is 15.3. The Balaban J connectivity index is 2.10. The SMILES string of the molecule is CCCN1CCN(C(C#N)c2ccc(C(C)(C)C)cc2)CC1C. The van der Waals surface area contributed by atoms with E-state index >= 15 is 0 Å². The molecule has 0 N–H and O–H groups in total. The number of nitrogens with zero attached hydrogens (tertiary/aromatic N) is 3. The number of benzene rings is 1. The summed E-state index contributed by atoms with van der Waals surface area (Å²) in [5, 5.41) is 9.71. The third kappa shape index (κ3) is 4.34. The Morgan fingerprint density at radius 3 is 2.35 bits per heavy atom. The van der Waals surface area contributed by atoms with Crippen molar-refractivity contribution in [3.8, 4) is 6.07 Å². The molecule has 2 unspecified atom stereocenters. The van der Waals surface area contributed by atoms with Crippen LogP contribution in [0.3, 0.4) is 0 Å². The maximum atomic E-state index is 9.71. The van der Waals surface area contributed by atoms with Crippen molar-refractivity contribution in [3.05, 3.63) is 35.4 Å². The number of rotatable bonds is 4. The molecule has 1 fully saturated rings. The molecule has 0 aliphatic carbocycles. The van der Waals surface area contributed by atoms with Crippen molar-refractivity contribution >= 4 is 0 Å². The first-order chi connectivity index (χ1) is 10.9. The van der Waals surface area contributed by atoms with Gasteiger partial charge in [0, 0.05) is 25.7 Å². The molecule has 1 heterocycles. The summed E-state index contributed by atoms with van der Waals surface area (Å²) in [5.74, 6) is 0. The minimum atomic E-state index is -0.129. The van der Waals surface area contributed by atoms with Crippen LogP contribution in [0.2, 0.25) is 0 Å². The van der Waals surface area contributed by atoms with Crippen LogP contribution < -0.4 is 0 Å². The van der Waals surface area contributed by atoms with Gasteiger partial charge in [0.25, 0.3) is 0 Å². The number of hydrogen-bond acceptors (Lipinski definition) is 3. The fourth-order valence-electron chi connectivity index (χ4n) is 3.41. The molecule has 3 heteroatoms. The topological polar surface area (TPSA) is 30.3 Å². The molecule has 0 aromatic heterocycles. The highest BCUT2D eigenvalue weighted by Gasteiger charge is 2.29. The number of hydrogen-bond donors (Lipinski definition) is 0. The van der Waals surface area contributed by atoms with Crippen LogP contribution >= 0.6 is 0 Å². The molecule has 1 aromatic carbocycles. The van der Waals surface area contributed by atoms with Gasteiger partial charge in [0.05, 0.1) is 6.07 Å². The lowest BCUT2D eigenvalue weighted by molar-refractivity contribution is 0.0690. The van der Waals surface area contributed by atoms with Gasteiger partial charge in [0.15, 0.2) is 0 Å². The molecular formula is C20H31N3. The Hall–Kier alpha value is -1.37. The highest BCUT2D eigenvalue weighted by Crippen LogP contribution is 2.27. The lowest BCUT2D eigenvalue weighted by Crippen LogP contribution is -2.52. The van der Waals surface area contributed by atoms with E-state index in [0.29, 0.717) is 6.04 Å². The van der Waals surface area contributed by atoms with Crippen LogP contribution in [0.4, 0.5) is 0 Å². The fraction of sp³-hybridized carbons (Fsp3) is 0.650. The van der Waals surface area contributed by atoms with E-state index in [1.807, 2.05) is 0 Å². The molecule has 0 bridgehead atoms. The van der Waals surface area contributed by atoms with Crippen molar-refractivity contribution in [2.24, 2.45) is 0 Å². The Morgan fingerprint density at radius 1 is 1.22 bits per heavy atom. The van der Waals surface area contributed by atoms with Gasteiger partial charge in [-0.25, -0.2) is 0 Å². The van der Waals surface area contributed by atoms with Crippen LogP contribution in [0.5, 0.6) is 0 Å². The van der Waals surface area contributed by atoms with Crippen LogP contribution in [-0.4, -0.2) is 42.0 Å². The standard InChI is InChI=1S/C20H31N3/c1-6-11-22-12-13-23(15-16(22)2)19(14-21)17-7-9-18(10-8-17)20(3,4)5/h7-10,16,19H,6,11-13,15H2,1-5H3. The largest absolute Gasteiger partial charge is 0.298 e. The van der Waals surface area contributed by atoms with Gasteiger partial charge in [0.1, 0.15) is 6.04 Å². The van der Waals surface area contributed by atoms with Gasteiger partial charge in [-0.2, -0.15) is 5.26 Å². The van der Waals surface area contributed by atoms with Gasteiger partial charge in [-0.15, -0.1) is 0 Å². The molecular weight excluding hydrogens is 282 g/mol. The predicted octanol–water partition coefficient (Wildman–Crippen LogP) is 3.96. The summed E-state index contributed by atoms with van der Waals surface area (Å²) in [6, 6.07) is 11.5. The normalized spacial score (nSPS) is 21.8. The molecule has 0 amide bonds. The second-order valence-corrected chi connectivity index (χ2v) is 7.78. The van der Waals surface area contributed by atoms with Crippen LogP contribution in [0.15, 0.2) is 24.3 Å². The lowest BCUT2D eigenvalue weighted by Gasteiger charge is -2.41. The fourth-order valence-corrected chi connectivity index (χ4v) is 3.41. The minimum Gasteiger partial charge on any atom is -0.298 e. The average molecular weight is 313 g/mol. The molecule has 0 saturated carbocycles. The Labute approximate surface area is 141 Å². The summed E-state index contributed by atoms with van der Waals surface area (Å²) >= 11 is 0. The predicted molar refractivity (Wildman–Crippen MR) is 96.4 cm³/mol. The van der Waals surface area contributed by atoms with Crippen LogP contribution in [0, 0.1) is 11.3 Å². The Bertz CT molecular complexity index is 535. The molecule has 2 atom stereocenters. The summed E-state index contributed by atoms with van der Waals surface area (Å²) < 4.78 is 0. The third-order valence-electron chi connectivity index (χ3n) is 4.89. The highest BCUT2D eigenvalue weighted by molar-refractivity contribution is 5.31. The number of nitriles is 1. The second-order valence-electron chi connectivity index (χ2n) is 7.78. The van der Waals surface area contributed by atoms with Crippen LogP contribution in [-0.2, 0) is 5.41 Å². The van der Waals surface area contributed by atoms with Gasteiger partial charge in [-0.05, 0) is 36.4 Å². The van der Waals surface area contributed by atoms with Crippen LogP contribution in [0.1, 0.15) is 58.2 Å². The monoisotopic (exact) mass is 313 g/mol. The molecule has 2 rings (SSSR count). The number of piperazine rings is 1.